The van der Waals surface area contributed by atoms with E-state index < -0.39 is 6.04 Å². The maximum Gasteiger partial charge on any atom is 0.308 e. The SMILES string of the molecule is CCOC(=O)C[C@H](NC(=O)c1cccc(C)c1)c1ccc(C)cc1. The normalized spacial score (nSPS) is 11.6. The fourth-order valence-electron chi connectivity index (χ4n) is 2.47. The molecule has 0 aliphatic rings. The molecule has 0 heterocycles. The molecule has 0 radical (unpaired) electrons. The summed E-state index contributed by atoms with van der Waals surface area (Å²) in [6.07, 6.45) is 0.106. The molecule has 0 saturated carbocycles. The minimum atomic E-state index is -0.419. The molecule has 0 saturated heterocycles. The second-order valence-corrected chi connectivity index (χ2v) is 5.82. The second kappa shape index (κ2) is 8.29. The molecule has 24 heavy (non-hydrogen) atoms. The van der Waals surface area contributed by atoms with Gasteiger partial charge in [-0.1, -0.05) is 47.5 Å². The van der Waals surface area contributed by atoms with Crippen molar-refractivity contribution in [1.82, 2.24) is 5.32 Å². The van der Waals surface area contributed by atoms with Crippen molar-refractivity contribution in [2.75, 3.05) is 6.61 Å². The number of nitrogens with one attached hydrogen (secondary N) is 1. The third-order valence-corrected chi connectivity index (χ3v) is 3.74. The molecule has 0 unspecified atom stereocenters. The lowest BCUT2D eigenvalue weighted by molar-refractivity contribution is -0.143. The predicted octanol–water partition coefficient (Wildman–Crippen LogP) is 3.73. The monoisotopic (exact) mass is 325 g/mol. The first-order chi connectivity index (χ1) is 11.5. The molecular formula is C20H23NO3. The minimum Gasteiger partial charge on any atom is -0.466 e. The number of hydrogen-bond acceptors (Lipinski definition) is 3. The van der Waals surface area contributed by atoms with Gasteiger partial charge in [-0.15, -0.1) is 0 Å². The number of hydrogen-bond donors (Lipinski definition) is 1. The van der Waals surface area contributed by atoms with Gasteiger partial charge in [0.2, 0.25) is 0 Å². The maximum absolute atomic E-state index is 12.5. The first kappa shape index (κ1) is 17.7. The predicted molar refractivity (Wildman–Crippen MR) is 93.8 cm³/mol. The van der Waals surface area contributed by atoms with Crippen LogP contribution in [0, 0.1) is 13.8 Å². The van der Waals surface area contributed by atoms with Gasteiger partial charge in [0.1, 0.15) is 0 Å². The van der Waals surface area contributed by atoms with Gasteiger partial charge in [0.15, 0.2) is 0 Å². The zero-order chi connectivity index (χ0) is 17.5. The van der Waals surface area contributed by atoms with E-state index in [-0.39, 0.29) is 18.3 Å². The Kier molecular flexibility index (Phi) is 6.13. The van der Waals surface area contributed by atoms with E-state index in [4.69, 9.17) is 4.74 Å². The molecular weight excluding hydrogens is 302 g/mol. The molecule has 1 atom stereocenters. The molecule has 4 heteroatoms. The number of ether oxygens (including phenoxy) is 1. The summed E-state index contributed by atoms with van der Waals surface area (Å²) in [7, 11) is 0. The fourth-order valence-corrected chi connectivity index (χ4v) is 2.47. The van der Waals surface area contributed by atoms with Crippen molar-refractivity contribution in [3.05, 3.63) is 70.8 Å². The Balaban J connectivity index is 2.20. The Morgan fingerprint density at radius 1 is 1.04 bits per heavy atom. The quantitative estimate of drug-likeness (QED) is 0.823. The van der Waals surface area contributed by atoms with Crippen LogP contribution in [0.4, 0.5) is 0 Å². The van der Waals surface area contributed by atoms with Gasteiger partial charge in [0.25, 0.3) is 5.91 Å². The lowest BCUT2D eigenvalue weighted by Crippen LogP contribution is -2.30. The molecule has 126 valence electrons. The van der Waals surface area contributed by atoms with E-state index in [9.17, 15) is 9.59 Å². The van der Waals surface area contributed by atoms with E-state index in [1.54, 1.807) is 13.0 Å². The second-order valence-electron chi connectivity index (χ2n) is 5.82. The number of rotatable bonds is 6. The van der Waals surface area contributed by atoms with Gasteiger partial charge in [-0.05, 0) is 38.5 Å². The summed E-state index contributed by atoms with van der Waals surface area (Å²) in [6, 6.07) is 14.7. The largest absolute Gasteiger partial charge is 0.466 e. The molecule has 1 amide bonds. The van der Waals surface area contributed by atoms with Crippen LogP contribution in [-0.4, -0.2) is 18.5 Å². The van der Waals surface area contributed by atoms with Crippen molar-refractivity contribution in [3.8, 4) is 0 Å². The summed E-state index contributed by atoms with van der Waals surface area (Å²) in [5.41, 5.74) is 3.60. The van der Waals surface area contributed by atoms with Gasteiger partial charge in [-0.2, -0.15) is 0 Å². The number of benzene rings is 2. The van der Waals surface area contributed by atoms with Gasteiger partial charge < -0.3 is 10.1 Å². The topological polar surface area (TPSA) is 55.4 Å². The van der Waals surface area contributed by atoms with Crippen LogP contribution < -0.4 is 5.32 Å². The van der Waals surface area contributed by atoms with Crippen LogP contribution in [0.5, 0.6) is 0 Å². The smallest absolute Gasteiger partial charge is 0.308 e. The highest BCUT2D eigenvalue weighted by Gasteiger charge is 2.20. The average Bonchev–Trinajstić information content (AvgIpc) is 2.55. The fraction of sp³-hybridized carbons (Fsp3) is 0.300. The highest BCUT2D eigenvalue weighted by molar-refractivity contribution is 5.94. The van der Waals surface area contributed by atoms with Crippen LogP contribution >= 0.6 is 0 Å². The number of carbonyl (C=O) groups is 2. The summed E-state index contributed by atoms with van der Waals surface area (Å²) in [5.74, 6) is -0.527. The summed E-state index contributed by atoms with van der Waals surface area (Å²) in [4.78, 5) is 24.4. The first-order valence-corrected chi connectivity index (χ1v) is 8.09. The van der Waals surface area contributed by atoms with Crippen LogP contribution in [-0.2, 0) is 9.53 Å². The van der Waals surface area contributed by atoms with Crippen LogP contribution in [0.3, 0.4) is 0 Å². The molecule has 4 nitrogen and oxygen atoms in total. The molecule has 1 N–H and O–H groups in total. The zero-order valence-electron chi connectivity index (χ0n) is 14.3. The third-order valence-electron chi connectivity index (χ3n) is 3.74. The van der Waals surface area contributed by atoms with Gasteiger partial charge in [0.05, 0.1) is 19.1 Å². The summed E-state index contributed by atoms with van der Waals surface area (Å²) in [6.45, 7) is 6.03. The van der Waals surface area contributed by atoms with E-state index >= 15 is 0 Å². The van der Waals surface area contributed by atoms with E-state index in [0.717, 1.165) is 16.7 Å². The van der Waals surface area contributed by atoms with E-state index in [2.05, 4.69) is 5.32 Å². The van der Waals surface area contributed by atoms with Crippen LogP contribution in [0.2, 0.25) is 0 Å². The van der Waals surface area contributed by atoms with Crippen molar-refractivity contribution in [3.63, 3.8) is 0 Å². The number of carbonyl (C=O) groups excluding carboxylic acids is 2. The molecule has 2 rings (SSSR count). The van der Waals surface area contributed by atoms with E-state index in [1.807, 2.05) is 56.3 Å². The Morgan fingerprint density at radius 3 is 2.38 bits per heavy atom. The minimum absolute atomic E-state index is 0.106. The molecule has 0 fully saturated rings. The Morgan fingerprint density at radius 2 is 1.75 bits per heavy atom. The highest BCUT2D eigenvalue weighted by Crippen LogP contribution is 2.19. The summed E-state index contributed by atoms with van der Waals surface area (Å²) >= 11 is 0. The van der Waals surface area contributed by atoms with Crippen molar-refractivity contribution in [2.45, 2.75) is 33.2 Å². The van der Waals surface area contributed by atoms with Gasteiger partial charge in [-0.25, -0.2) is 0 Å². The number of aryl methyl sites for hydroxylation is 2. The van der Waals surface area contributed by atoms with Crippen molar-refractivity contribution < 1.29 is 14.3 Å². The van der Waals surface area contributed by atoms with E-state index in [0.29, 0.717) is 12.2 Å². The van der Waals surface area contributed by atoms with Crippen LogP contribution in [0.15, 0.2) is 48.5 Å². The zero-order valence-corrected chi connectivity index (χ0v) is 14.3. The van der Waals surface area contributed by atoms with E-state index in [1.165, 1.54) is 0 Å². The highest BCUT2D eigenvalue weighted by atomic mass is 16.5. The summed E-state index contributed by atoms with van der Waals surface area (Å²) < 4.78 is 5.03. The maximum atomic E-state index is 12.5. The Bertz CT molecular complexity index is 707. The van der Waals surface area contributed by atoms with Crippen LogP contribution in [0.1, 0.15) is 46.4 Å². The lowest BCUT2D eigenvalue weighted by atomic mass is 10.0. The molecule has 0 aliphatic carbocycles. The lowest BCUT2D eigenvalue weighted by Gasteiger charge is -2.19. The third kappa shape index (κ3) is 4.95. The average molecular weight is 325 g/mol. The first-order valence-electron chi connectivity index (χ1n) is 8.09. The molecule has 0 aromatic heterocycles. The van der Waals surface area contributed by atoms with Gasteiger partial charge in [-0.3, -0.25) is 9.59 Å². The molecule has 0 spiro atoms. The van der Waals surface area contributed by atoms with Gasteiger partial charge in [0, 0.05) is 5.56 Å². The van der Waals surface area contributed by atoms with Crippen molar-refractivity contribution in [2.24, 2.45) is 0 Å². The standard InChI is InChI=1S/C20H23NO3/c1-4-24-19(22)13-18(16-10-8-14(2)9-11-16)21-20(23)17-7-5-6-15(3)12-17/h5-12,18H,4,13H2,1-3H3,(H,21,23)/t18-/m0/s1. The van der Waals surface area contributed by atoms with Crippen LogP contribution in [0.25, 0.3) is 0 Å². The van der Waals surface area contributed by atoms with Crippen molar-refractivity contribution >= 4 is 11.9 Å². The molecule has 2 aromatic carbocycles. The van der Waals surface area contributed by atoms with Gasteiger partial charge >= 0.3 is 5.97 Å². The molecule has 0 aliphatic heterocycles. The Labute approximate surface area is 142 Å². The molecule has 0 bridgehead atoms. The summed E-state index contributed by atoms with van der Waals surface area (Å²) in [5, 5.41) is 2.95. The Hall–Kier alpha value is -2.62. The number of esters is 1. The van der Waals surface area contributed by atoms with Crippen molar-refractivity contribution in [1.29, 1.82) is 0 Å². The number of amides is 1. The molecule has 2 aromatic rings.